The Morgan fingerprint density at radius 2 is 1.85 bits per heavy atom. The molecule has 2 rings (SSSR count). The number of ether oxygens (including phenoxy) is 1. The van der Waals surface area contributed by atoms with Crippen molar-refractivity contribution in [2.75, 3.05) is 12.3 Å². The van der Waals surface area contributed by atoms with Crippen LogP contribution in [-0.2, 0) is 24.3 Å². The fourth-order valence-corrected chi connectivity index (χ4v) is 4.61. The van der Waals surface area contributed by atoms with Gasteiger partial charge in [0.2, 0.25) is 5.91 Å². The number of amides is 3. The van der Waals surface area contributed by atoms with Crippen LogP contribution < -0.4 is 5.32 Å². The normalized spacial score (nSPS) is 16.9. The van der Waals surface area contributed by atoms with Crippen molar-refractivity contribution >= 4 is 34.0 Å². The fourth-order valence-electron chi connectivity index (χ4n) is 3.29. The van der Waals surface area contributed by atoms with Crippen molar-refractivity contribution in [3.05, 3.63) is 42.0 Å². The molecule has 9 nitrogen and oxygen atoms in total. The molecule has 1 aromatic rings. The molecule has 1 aliphatic rings. The van der Waals surface area contributed by atoms with Crippen molar-refractivity contribution in [2.24, 2.45) is 5.92 Å². The van der Waals surface area contributed by atoms with Crippen LogP contribution in [0.5, 0.6) is 0 Å². The third kappa shape index (κ3) is 7.86. The van der Waals surface area contributed by atoms with Gasteiger partial charge in [-0.2, -0.15) is 0 Å². The Morgan fingerprint density at radius 1 is 1.21 bits per heavy atom. The van der Waals surface area contributed by atoms with Gasteiger partial charge < -0.3 is 10.1 Å². The van der Waals surface area contributed by atoms with Crippen LogP contribution in [0.2, 0.25) is 0 Å². The lowest BCUT2D eigenvalue weighted by Crippen LogP contribution is -2.64. The minimum atomic E-state index is -4.16. The van der Waals surface area contributed by atoms with Crippen LogP contribution in [-0.4, -0.2) is 59.7 Å². The molecular formula is C24H35N3O6S. The van der Waals surface area contributed by atoms with Gasteiger partial charge in [0.05, 0.1) is 5.75 Å². The highest BCUT2D eigenvalue weighted by Crippen LogP contribution is 2.23. The molecule has 0 radical (unpaired) electrons. The molecule has 0 bridgehead atoms. The van der Waals surface area contributed by atoms with E-state index in [0.29, 0.717) is 10.8 Å². The number of carbonyl (C=O) groups is 3. The van der Waals surface area contributed by atoms with Gasteiger partial charge in [0, 0.05) is 13.0 Å². The summed E-state index contributed by atoms with van der Waals surface area (Å²) in [6.45, 7) is 8.81. The van der Waals surface area contributed by atoms with Gasteiger partial charge in [0.15, 0.2) is 6.04 Å². The summed E-state index contributed by atoms with van der Waals surface area (Å²) in [5, 5.41) is 3.23. The number of hydrazine groups is 1. The van der Waals surface area contributed by atoms with E-state index in [1.165, 1.54) is 0 Å². The van der Waals surface area contributed by atoms with E-state index in [1.807, 2.05) is 44.2 Å². The maximum Gasteiger partial charge on any atom is 0.350 e. The number of benzene rings is 1. The van der Waals surface area contributed by atoms with Crippen LogP contribution in [0.4, 0.5) is 4.79 Å². The molecule has 1 fully saturated rings. The number of esters is 1. The number of urea groups is 1. The summed E-state index contributed by atoms with van der Waals surface area (Å²) < 4.78 is 31.7. The average molecular weight is 494 g/mol. The van der Waals surface area contributed by atoms with Crippen molar-refractivity contribution in [2.45, 2.75) is 65.5 Å². The van der Waals surface area contributed by atoms with Gasteiger partial charge in [0.1, 0.15) is 5.60 Å². The third-order valence-corrected chi connectivity index (χ3v) is 6.49. The number of nitrogens with one attached hydrogen (secondary N) is 1. The first-order chi connectivity index (χ1) is 15.8. The van der Waals surface area contributed by atoms with E-state index in [1.54, 1.807) is 32.9 Å². The number of nitrogens with zero attached hydrogens (tertiary/aromatic N) is 2. The second kappa shape index (κ2) is 11.5. The SMILES string of the molecule is CC(C)CCC(=O)N([C@@H](CC=Cc1ccccc1)C(=O)OC(C)(C)C)N1C(=O)NCCS1(=O)=O. The topological polar surface area (TPSA) is 113 Å². The lowest BCUT2D eigenvalue weighted by atomic mass is 10.1. The maximum absolute atomic E-state index is 13.3. The van der Waals surface area contributed by atoms with Crippen molar-refractivity contribution in [3.8, 4) is 0 Å². The first-order valence-electron chi connectivity index (χ1n) is 11.4. The highest BCUT2D eigenvalue weighted by Gasteiger charge is 2.45. The molecule has 188 valence electrons. The van der Waals surface area contributed by atoms with Gasteiger partial charge in [-0.25, -0.2) is 23.0 Å². The number of sulfonamides is 1. The summed E-state index contributed by atoms with van der Waals surface area (Å²) in [7, 11) is -4.16. The zero-order chi connectivity index (χ0) is 25.5. The minimum absolute atomic E-state index is 0.0291. The van der Waals surface area contributed by atoms with Gasteiger partial charge >= 0.3 is 12.0 Å². The molecule has 1 N–H and O–H groups in total. The monoisotopic (exact) mass is 493 g/mol. The molecule has 1 heterocycles. The zero-order valence-corrected chi connectivity index (χ0v) is 21.3. The summed E-state index contributed by atoms with van der Waals surface area (Å²) in [5.74, 6) is -1.65. The summed E-state index contributed by atoms with van der Waals surface area (Å²) in [6.07, 6.45) is 3.82. The Morgan fingerprint density at radius 3 is 2.41 bits per heavy atom. The summed E-state index contributed by atoms with van der Waals surface area (Å²) >= 11 is 0. The first-order valence-corrected chi connectivity index (χ1v) is 13.0. The molecule has 10 heteroatoms. The second-order valence-electron chi connectivity index (χ2n) is 9.56. The Labute approximate surface area is 202 Å². The quantitative estimate of drug-likeness (QED) is 0.528. The van der Waals surface area contributed by atoms with Crippen LogP contribution in [0, 0.1) is 5.92 Å². The summed E-state index contributed by atoms with van der Waals surface area (Å²) in [6, 6.07) is 7.01. The number of rotatable bonds is 9. The van der Waals surface area contributed by atoms with Crippen LogP contribution >= 0.6 is 0 Å². The highest BCUT2D eigenvalue weighted by molar-refractivity contribution is 7.89. The van der Waals surface area contributed by atoms with Crippen LogP contribution in [0.15, 0.2) is 36.4 Å². The number of hydrogen-bond acceptors (Lipinski definition) is 6. The fraction of sp³-hybridized carbons (Fsp3) is 0.542. The molecule has 0 unspecified atom stereocenters. The molecule has 0 aliphatic carbocycles. The minimum Gasteiger partial charge on any atom is -0.458 e. The Kier molecular flexibility index (Phi) is 9.26. The lowest BCUT2D eigenvalue weighted by molar-refractivity contribution is -0.170. The van der Waals surface area contributed by atoms with E-state index in [4.69, 9.17) is 4.74 Å². The van der Waals surface area contributed by atoms with E-state index >= 15 is 0 Å². The van der Waals surface area contributed by atoms with E-state index in [9.17, 15) is 22.8 Å². The summed E-state index contributed by atoms with van der Waals surface area (Å²) in [5.41, 5.74) is -0.0137. The van der Waals surface area contributed by atoms with E-state index in [0.717, 1.165) is 10.6 Å². The molecule has 1 atom stereocenters. The van der Waals surface area contributed by atoms with Crippen molar-refractivity contribution in [1.29, 1.82) is 0 Å². The van der Waals surface area contributed by atoms with Crippen molar-refractivity contribution < 1.29 is 27.5 Å². The molecule has 1 saturated heterocycles. The molecular weight excluding hydrogens is 458 g/mol. The van der Waals surface area contributed by atoms with Gasteiger partial charge in [-0.15, -0.1) is 4.41 Å². The van der Waals surface area contributed by atoms with Crippen LogP contribution in [0.3, 0.4) is 0 Å². The second-order valence-corrected chi connectivity index (χ2v) is 11.5. The largest absolute Gasteiger partial charge is 0.458 e. The van der Waals surface area contributed by atoms with Crippen LogP contribution in [0.1, 0.15) is 59.4 Å². The van der Waals surface area contributed by atoms with Gasteiger partial charge in [-0.05, 0) is 45.1 Å². The van der Waals surface area contributed by atoms with Gasteiger partial charge in [0.25, 0.3) is 10.0 Å². The van der Waals surface area contributed by atoms with E-state index in [-0.39, 0.29) is 31.1 Å². The summed E-state index contributed by atoms with van der Waals surface area (Å²) in [4.78, 5) is 39.2. The Hall–Kier alpha value is -2.88. The predicted octanol–water partition coefficient (Wildman–Crippen LogP) is 3.34. The molecule has 0 saturated carbocycles. The molecule has 3 amide bonds. The highest BCUT2D eigenvalue weighted by atomic mass is 32.2. The van der Waals surface area contributed by atoms with Gasteiger partial charge in [-0.3, -0.25) is 4.79 Å². The maximum atomic E-state index is 13.3. The molecule has 0 aromatic heterocycles. The third-order valence-electron chi connectivity index (χ3n) is 4.90. The lowest BCUT2D eigenvalue weighted by Gasteiger charge is -2.40. The van der Waals surface area contributed by atoms with Gasteiger partial charge in [-0.1, -0.05) is 56.3 Å². The van der Waals surface area contributed by atoms with Crippen molar-refractivity contribution in [1.82, 2.24) is 14.7 Å². The standard InChI is InChI=1S/C24H35N3O6S/c1-18(2)14-15-21(28)26(27-23(30)25-16-17-34(27,31)32)20(22(29)33-24(3,4)5)13-9-12-19-10-7-6-8-11-19/h6-12,18,20H,13-17H2,1-5H3,(H,25,30)/t20-/m0/s1. The number of hydrogen-bond donors (Lipinski definition) is 1. The molecule has 34 heavy (non-hydrogen) atoms. The Bertz CT molecular complexity index is 999. The van der Waals surface area contributed by atoms with E-state index < -0.39 is 39.6 Å². The van der Waals surface area contributed by atoms with E-state index in [2.05, 4.69) is 5.32 Å². The Balaban J connectivity index is 2.50. The van der Waals surface area contributed by atoms with Crippen LogP contribution in [0.25, 0.3) is 6.08 Å². The number of carbonyl (C=O) groups excluding carboxylic acids is 3. The average Bonchev–Trinajstić information content (AvgIpc) is 2.72. The van der Waals surface area contributed by atoms with Crippen molar-refractivity contribution in [3.63, 3.8) is 0 Å². The molecule has 1 aromatic carbocycles. The molecule has 0 spiro atoms. The predicted molar refractivity (Wildman–Crippen MR) is 130 cm³/mol. The molecule has 1 aliphatic heterocycles. The smallest absolute Gasteiger partial charge is 0.350 e. The zero-order valence-electron chi connectivity index (χ0n) is 20.5. The first kappa shape index (κ1) is 27.4.